The number of carbonyl (C=O) groups excluding carboxylic acids is 1. The van der Waals surface area contributed by atoms with Gasteiger partial charge in [-0.1, -0.05) is 17.7 Å². The summed E-state index contributed by atoms with van der Waals surface area (Å²) >= 11 is 7.13. The lowest BCUT2D eigenvalue weighted by Crippen LogP contribution is -2.13. The molecule has 0 aliphatic carbocycles. The number of nitrogens with zero attached hydrogens (tertiary/aromatic N) is 1. The minimum Gasteiger partial charge on any atom is -0.454 e. The van der Waals surface area contributed by atoms with Crippen LogP contribution >= 0.6 is 22.9 Å². The second kappa shape index (κ2) is 5.67. The molecule has 0 radical (unpaired) electrons. The fraction of sp³-hybridized carbons (Fsp3) is 0.0714. The average molecular weight is 321 g/mol. The predicted molar refractivity (Wildman–Crippen MR) is 80.8 cm³/mol. The van der Waals surface area contributed by atoms with Crippen molar-refractivity contribution in [3.05, 3.63) is 62.5 Å². The maximum atomic E-state index is 11.9. The normalized spacial score (nSPS) is 10.7. The van der Waals surface area contributed by atoms with Gasteiger partial charge in [-0.2, -0.15) is 0 Å². The largest absolute Gasteiger partial charge is 0.454 e. The highest BCUT2D eigenvalue weighted by atomic mass is 35.5. The van der Waals surface area contributed by atoms with Crippen LogP contribution in [0.25, 0.3) is 10.2 Å². The maximum Gasteiger partial charge on any atom is 0.338 e. The molecule has 2 heterocycles. The summed E-state index contributed by atoms with van der Waals surface area (Å²) in [5.74, 6) is -0.216. The molecule has 21 heavy (non-hydrogen) atoms. The fourth-order valence-electron chi connectivity index (χ4n) is 1.82. The molecule has 1 N–H and O–H groups in total. The molecule has 7 heteroatoms. The number of fused-ring (bicyclic) bond motifs is 1. The van der Waals surface area contributed by atoms with Gasteiger partial charge in [-0.3, -0.25) is 4.79 Å². The Morgan fingerprint density at radius 2 is 2.24 bits per heavy atom. The van der Waals surface area contributed by atoms with Gasteiger partial charge < -0.3 is 9.72 Å². The fourth-order valence-corrected chi connectivity index (χ4v) is 2.74. The third kappa shape index (κ3) is 2.96. The zero-order valence-corrected chi connectivity index (χ0v) is 12.2. The van der Waals surface area contributed by atoms with Crippen molar-refractivity contribution < 1.29 is 9.53 Å². The first-order valence-electron chi connectivity index (χ1n) is 6.02. The third-order valence-corrected chi connectivity index (χ3v) is 3.90. The van der Waals surface area contributed by atoms with Crippen LogP contribution in [0.2, 0.25) is 5.02 Å². The van der Waals surface area contributed by atoms with E-state index < -0.39 is 5.97 Å². The Balaban J connectivity index is 1.77. The molecular formula is C14H9ClN2O3S. The van der Waals surface area contributed by atoms with Crippen LogP contribution in [0.15, 0.2) is 40.5 Å². The van der Waals surface area contributed by atoms with Gasteiger partial charge in [-0.15, -0.1) is 11.3 Å². The van der Waals surface area contributed by atoms with Crippen molar-refractivity contribution in [2.24, 2.45) is 0 Å². The maximum absolute atomic E-state index is 11.9. The second-order valence-electron chi connectivity index (χ2n) is 4.23. The van der Waals surface area contributed by atoms with E-state index in [1.807, 2.05) is 0 Å². The molecule has 0 fully saturated rings. The summed E-state index contributed by atoms with van der Waals surface area (Å²) in [6, 6.07) is 8.20. The van der Waals surface area contributed by atoms with E-state index in [1.54, 1.807) is 29.6 Å². The molecule has 0 aliphatic heterocycles. The van der Waals surface area contributed by atoms with Crippen molar-refractivity contribution >= 4 is 39.1 Å². The van der Waals surface area contributed by atoms with Gasteiger partial charge in [0.2, 0.25) is 0 Å². The van der Waals surface area contributed by atoms with Crippen LogP contribution in [0.1, 0.15) is 16.2 Å². The monoisotopic (exact) mass is 320 g/mol. The van der Waals surface area contributed by atoms with Crippen LogP contribution in [-0.2, 0) is 11.3 Å². The molecule has 1 aromatic carbocycles. The molecule has 0 amide bonds. The van der Waals surface area contributed by atoms with E-state index >= 15 is 0 Å². The highest BCUT2D eigenvalue weighted by molar-refractivity contribution is 7.17. The number of thiophene rings is 1. The number of benzene rings is 1. The van der Waals surface area contributed by atoms with Gasteiger partial charge in [-0.25, -0.2) is 9.78 Å². The van der Waals surface area contributed by atoms with E-state index in [-0.39, 0.29) is 12.2 Å². The molecule has 3 aromatic rings. The van der Waals surface area contributed by atoms with E-state index in [0.29, 0.717) is 26.6 Å². The smallest absolute Gasteiger partial charge is 0.338 e. The molecular weight excluding hydrogens is 312 g/mol. The summed E-state index contributed by atoms with van der Waals surface area (Å²) in [6.07, 6.45) is 0. The average Bonchev–Trinajstić information content (AvgIpc) is 2.93. The van der Waals surface area contributed by atoms with Gasteiger partial charge in [0, 0.05) is 5.02 Å². The first-order valence-corrected chi connectivity index (χ1v) is 7.28. The molecule has 0 bridgehead atoms. The number of ether oxygens (including phenoxy) is 1. The summed E-state index contributed by atoms with van der Waals surface area (Å²) in [4.78, 5) is 30.5. The number of nitrogens with one attached hydrogen (secondary N) is 1. The Morgan fingerprint density at radius 3 is 3.05 bits per heavy atom. The standard InChI is InChI=1S/C14H9ClN2O3S/c15-9-3-1-2-8(6-9)14(19)20-7-11-16-10-4-5-21-12(10)13(18)17-11/h1-6H,7H2,(H,16,17,18). The molecule has 3 rings (SSSR count). The molecule has 0 saturated heterocycles. The number of hydrogen-bond acceptors (Lipinski definition) is 5. The number of esters is 1. The van der Waals surface area contributed by atoms with Crippen molar-refractivity contribution in [1.82, 2.24) is 9.97 Å². The SMILES string of the molecule is O=C(OCc1nc2ccsc2c(=O)[nH]1)c1cccc(Cl)c1. The molecule has 0 spiro atoms. The molecule has 0 atom stereocenters. The van der Waals surface area contributed by atoms with Gasteiger partial charge in [0.25, 0.3) is 5.56 Å². The van der Waals surface area contributed by atoms with Crippen molar-refractivity contribution in [3.63, 3.8) is 0 Å². The van der Waals surface area contributed by atoms with Gasteiger partial charge in [-0.05, 0) is 29.6 Å². The van der Waals surface area contributed by atoms with E-state index in [0.717, 1.165) is 0 Å². The number of rotatable bonds is 3. The Bertz CT molecular complexity index is 872. The van der Waals surface area contributed by atoms with Crippen molar-refractivity contribution in [3.8, 4) is 0 Å². The summed E-state index contributed by atoms with van der Waals surface area (Å²) in [7, 11) is 0. The van der Waals surface area contributed by atoms with Crippen LogP contribution < -0.4 is 5.56 Å². The number of H-pyrrole nitrogens is 1. The Morgan fingerprint density at radius 1 is 1.38 bits per heavy atom. The van der Waals surface area contributed by atoms with Crippen molar-refractivity contribution in [2.75, 3.05) is 0 Å². The zero-order chi connectivity index (χ0) is 14.8. The van der Waals surface area contributed by atoms with Gasteiger partial charge >= 0.3 is 5.97 Å². The summed E-state index contributed by atoms with van der Waals surface area (Å²) in [5, 5.41) is 2.24. The molecule has 5 nitrogen and oxygen atoms in total. The first-order chi connectivity index (χ1) is 10.1. The number of aromatic amines is 1. The summed E-state index contributed by atoms with van der Waals surface area (Å²) in [5.41, 5.74) is 0.711. The quantitative estimate of drug-likeness (QED) is 0.753. The molecule has 106 valence electrons. The molecule has 2 aromatic heterocycles. The first kappa shape index (κ1) is 13.8. The highest BCUT2D eigenvalue weighted by Gasteiger charge is 2.10. The molecule has 0 aliphatic rings. The Labute approximate surface area is 128 Å². The predicted octanol–water partition coefficient (Wildman–Crippen LogP) is 3.00. The van der Waals surface area contributed by atoms with Crippen LogP contribution in [-0.4, -0.2) is 15.9 Å². The van der Waals surface area contributed by atoms with Crippen LogP contribution in [0, 0.1) is 0 Å². The zero-order valence-electron chi connectivity index (χ0n) is 10.6. The second-order valence-corrected chi connectivity index (χ2v) is 5.59. The Kier molecular flexibility index (Phi) is 3.72. The van der Waals surface area contributed by atoms with E-state index in [9.17, 15) is 9.59 Å². The van der Waals surface area contributed by atoms with Gasteiger partial charge in [0.15, 0.2) is 0 Å². The molecule has 0 saturated carbocycles. The van der Waals surface area contributed by atoms with E-state index in [4.69, 9.17) is 16.3 Å². The summed E-state index contributed by atoms with van der Waals surface area (Å²) < 4.78 is 5.68. The molecule has 0 unspecified atom stereocenters. The van der Waals surface area contributed by atoms with E-state index in [1.165, 1.54) is 17.4 Å². The van der Waals surface area contributed by atoms with Crippen LogP contribution in [0.3, 0.4) is 0 Å². The lowest BCUT2D eigenvalue weighted by atomic mass is 10.2. The van der Waals surface area contributed by atoms with Crippen molar-refractivity contribution in [2.45, 2.75) is 6.61 Å². The minimum absolute atomic E-state index is 0.105. The lowest BCUT2D eigenvalue weighted by Gasteiger charge is -2.04. The summed E-state index contributed by atoms with van der Waals surface area (Å²) in [6.45, 7) is -0.105. The third-order valence-electron chi connectivity index (χ3n) is 2.76. The lowest BCUT2D eigenvalue weighted by molar-refractivity contribution is 0.0462. The van der Waals surface area contributed by atoms with Crippen molar-refractivity contribution in [1.29, 1.82) is 0 Å². The highest BCUT2D eigenvalue weighted by Crippen LogP contribution is 2.15. The minimum atomic E-state index is -0.523. The number of carbonyl (C=O) groups is 1. The number of hydrogen-bond donors (Lipinski definition) is 1. The Hall–Kier alpha value is -2.18. The number of halogens is 1. The van der Waals surface area contributed by atoms with Gasteiger partial charge in [0.05, 0.1) is 11.1 Å². The topological polar surface area (TPSA) is 72.0 Å². The van der Waals surface area contributed by atoms with Gasteiger partial charge in [0.1, 0.15) is 17.1 Å². The number of aromatic nitrogens is 2. The van der Waals surface area contributed by atoms with Crippen LogP contribution in [0.4, 0.5) is 0 Å². The van der Waals surface area contributed by atoms with E-state index in [2.05, 4.69) is 9.97 Å². The van der Waals surface area contributed by atoms with Crippen LogP contribution in [0.5, 0.6) is 0 Å².